The van der Waals surface area contributed by atoms with Gasteiger partial charge in [0.2, 0.25) is 17.7 Å². The number of carbonyl (C=O) groups excluding carboxylic acids is 2. The monoisotopic (exact) mass is 573 g/mol. The molecule has 42 heavy (non-hydrogen) atoms. The summed E-state index contributed by atoms with van der Waals surface area (Å²) in [6.45, 7) is 5.23. The number of nitrogens with two attached hydrogens (primary N) is 1. The van der Waals surface area contributed by atoms with Gasteiger partial charge in [0.25, 0.3) is 5.91 Å². The Morgan fingerprint density at radius 2 is 2.07 bits per heavy atom. The lowest BCUT2D eigenvalue weighted by Crippen LogP contribution is -2.20. The Balaban J connectivity index is 1.47. The number of hydrogen-bond donors (Lipinski definition) is 3. The summed E-state index contributed by atoms with van der Waals surface area (Å²) in [5.41, 5.74) is 7.83. The Morgan fingerprint density at radius 3 is 2.79 bits per heavy atom. The number of pyridine rings is 1. The maximum atomic E-state index is 13.3. The molecule has 218 valence electrons. The first kappa shape index (κ1) is 28.3. The van der Waals surface area contributed by atoms with Crippen molar-refractivity contribution in [1.29, 1.82) is 0 Å². The van der Waals surface area contributed by atoms with Crippen LogP contribution in [-0.2, 0) is 13.1 Å². The van der Waals surface area contributed by atoms with Crippen molar-refractivity contribution in [1.82, 2.24) is 24.3 Å². The first-order chi connectivity index (χ1) is 20.2. The molecule has 0 aliphatic heterocycles. The average molecular weight is 574 g/mol. The fourth-order valence-corrected chi connectivity index (χ4v) is 4.48. The number of aryl methyl sites for hydroxylation is 2. The van der Waals surface area contributed by atoms with Crippen LogP contribution in [-0.4, -0.2) is 54.2 Å². The molecule has 1 saturated carbocycles. The molecule has 1 fully saturated rings. The highest BCUT2D eigenvalue weighted by atomic mass is 16.6. The van der Waals surface area contributed by atoms with Crippen molar-refractivity contribution in [3.8, 4) is 5.75 Å². The molecule has 14 nitrogen and oxygen atoms in total. The van der Waals surface area contributed by atoms with E-state index < -0.39 is 16.7 Å². The van der Waals surface area contributed by atoms with Crippen LogP contribution < -0.4 is 21.1 Å². The second-order valence-corrected chi connectivity index (χ2v) is 9.93. The summed E-state index contributed by atoms with van der Waals surface area (Å²) in [4.78, 5) is 44.9. The summed E-state index contributed by atoms with van der Waals surface area (Å²) in [5.74, 6) is 0.277. The van der Waals surface area contributed by atoms with E-state index in [9.17, 15) is 19.7 Å². The lowest BCUT2D eigenvalue weighted by atomic mass is 10.1. The molecule has 2 amide bonds. The molecule has 0 atom stereocenters. The Kier molecular flexibility index (Phi) is 8.13. The van der Waals surface area contributed by atoms with Gasteiger partial charge in [0.05, 0.1) is 22.7 Å². The van der Waals surface area contributed by atoms with E-state index in [0.29, 0.717) is 47.2 Å². The third-order valence-electron chi connectivity index (χ3n) is 6.75. The minimum atomic E-state index is -0.620. The molecule has 14 heteroatoms. The molecule has 0 spiro atoms. The summed E-state index contributed by atoms with van der Waals surface area (Å²) in [6, 6.07) is 7.74. The number of ether oxygens (including phenoxy) is 1. The Bertz CT molecular complexity index is 1690. The number of anilines is 2. The number of rotatable bonds is 13. The van der Waals surface area contributed by atoms with Crippen molar-refractivity contribution in [2.45, 2.75) is 39.8 Å². The molecule has 3 aromatic heterocycles. The van der Waals surface area contributed by atoms with Crippen molar-refractivity contribution in [2.75, 3.05) is 23.8 Å². The second kappa shape index (κ2) is 12.1. The molecular weight excluding hydrogens is 542 g/mol. The number of primary amides is 1. The van der Waals surface area contributed by atoms with Gasteiger partial charge < -0.3 is 20.4 Å². The van der Waals surface area contributed by atoms with Crippen LogP contribution in [0.5, 0.6) is 5.75 Å². The van der Waals surface area contributed by atoms with Crippen LogP contribution >= 0.6 is 0 Å². The summed E-state index contributed by atoms with van der Waals surface area (Å²) in [6.07, 6.45) is 7.24. The van der Waals surface area contributed by atoms with E-state index >= 15 is 0 Å². The molecule has 4 aromatic rings. The fraction of sp³-hybridized carbons (Fsp3) is 0.321. The van der Waals surface area contributed by atoms with Gasteiger partial charge in [0, 0.05) is 37.5 Å². The number of nitrogens with one attached hydrogen (secondary N) is 2. The average Bonchev–Trinajstić information content (AvgIpc) is 3.63. The van der Waals surface area contributed by atoms with Crippen LogP contribution in [0.4, 0.5) is 17.5 Å². The van der Waals surface area contributed by atoms with Crippen molar-refractivity contribution in [3.63, 3.8) is 0 Å². The number of nitrogens with zero attached hydrogens (tertiary/aromatic N) is 6. The number of hydrogen-bond acceptors (Lipinski definition) is 9. The molecule has 1 aliphatic carbocycles. The van der Waals surface area contributed by atoms with Crippen molar-refractivity contribution in [2.24, 2.45) is 11.7 Å². The molecule has 1 aliphatic rings. The van der Waals surface area contributed by atoms with Crippen LogP contribution in [0.25, 0.3) is 11.0 Å². The maximum absolute atomic E-state index is 13.3. The molecule has 0 saturated heterocycles. The van der Waals surface area contributed by atoms with Gasteiger partial charge in [-0.1, -0.05) is 12.2 Å². The van der Waals surface area contributed by atoms with Gasteiger partial charge in [-0.3, -0.25) is 29.7 Å². The van der Waals surface area contributed by atoms with Gasteiger partial charge in [-0.05, 0) is 56.9 Å². The van der Waals surface area contributed by atoms with E-state index in [1.807, 2.05) is 19.9 Å². The zero-order valence-corrected chi connectivity index (χ0v) is 23.2. The van der Waals surface area contributed by atoms with Crippen molar-refractivity contribution in [3.05, 3.63) is 75.7 Å². The maximum Gasteiger partial charge on any atom is 0.311 e. The highest BCUT2D eigenvalue weighted by Crippen LogP contribution is 2.34. The summed E-state index contributed by atoms with van der Waals surface area (Å²) >= 11 is 0. The van der Waals surface area contributed by atoms with Gasteiger partial charge in [0.1, 0.15) is 17.0 Å². The zero-order chi connectivity index (χ0) is 29.8. The molecule has 0 bridgehead atoms. The number of nitro groups is 1. The summed E-state index contributed by atoms with van der Waals surface area (Å²) in [7, 11) is 0. The second-order valence-electron chi connectivity index (χ2n) is 9.93. The van der Waals surface area contributed by atoms with Crippen LogP contribution in [0, 0.1) is 23.0 Å². The minimum Gasteiger partial charge on any atom is -0.491 e. The minimum absolute atomic E-state index is 0.124. The van der Waals surface area contributed by atoms with Gasteiger partial charge >= 0.3 is 5.69 Å². The van der Waals surface area contributed by atoms with Crippen molar-refractivity contribution >= 4 is 40.3 Å². The highest BCUT2D eigenvalue weighted by molar-refractivity contribution is 6.04. The van der Waals surface area contributed by atoms with Gasteiger partial charge in [-0.25, -0.2) is 9.97 Å². The number of allylic oxidation sites excluding steroid dienone is 1. The zero-order valence-electron chi connectivity index (χ0n) is 23.2. The predicted molar refractivity (Wildman–Crippen MR) is 156 cm³/mol. The number of benzene rings is 1. The van der Waals surface area contributed by atoms with Gasteiger partial charge in [0.15, 0.2) is 0 Å². The molecular formula is C28H31N9O5. The Hall–Kier alpha value is -5.27. The number of fused-ring (bicyclic) bond motifs is 1. The number of imidazole rings is 1. The van der Waals surface area contributed by atoms with E-state index in [-0.39, 0.29) is 36.1 Å². The standard InChI is InChI=1S/C28H31N9O5/c1-3-36-22(13-17(2)34-36)27(39)33-28-32-20-14-19(25(29)38)15-23(42-16-18-8-9-18)24(20)35(28)12-5-4-10-30-26-21(37(40)41)7-6-11-31-26/h4-7,11,13-15,18H,3,8-10,12,16H2,1-2H3,(H2,29,38)(H,30,31)(H,32,33,39). The lowest BCUT2D eigenvalue weighted by Gasteiger charge is -2.13. The smallest absolute Gasteiger partial charge is 0.311 e. The number of aromatic nitrogens is 5. The molecule has 0 radical (unpaired) electrons. The highest BCUT2D eigenvalue weighted by Gasteiger charge is 2.25. The van der Waals surface area contributed by atoms with Crippen LogP contribution in [0.1, 0.15) is 46.3 Å². The largest absolute Gasteiger partial charge is 0.491 e. The summed E-state index contributed by atoms with van der Waals surface area (Å²) in [5, 5.41) is 21.5. The van der Waals surface area contributed by atoms with E-state index in [1.165, 1.54) is 18.3 Å². The molecule has 5 rings (SSSR count). The van der Waals surface area contributed by atoms with Gasteiger partial charge in [-0.15, -0.1) is 0 Å². The first-order valence-electron chi connectivity index (χ1n) is 13.6. The van der Waals surface area contributed by atoms with Crippen LogP contribution in [0.3, 0.4) is 0 Å². The molecule has 4 N–H and O–H groups in total. The normalized spacial score (nSPS) is 13.0. The first-order valence-corrected chi connectivity index (χ1v) is 13.6. The Labute approximate surface area is 240 Å². The predicted octanol–water partition coefficient (Wildman–Crippen LogP) is 3.67. The van der Waals surface area contributed by atoms with E-state index in [0.717, 1.165) is 12.8 Å². The number of carbonyl (C=O) groups is 2. The van der Waals surface area contributed by atoms with E-state index in [4.69, 9.17) is 10.5 Å². The molecule has 0 unspecified atom stereocenters. The topological polar surface area (TPSA) is 185 Å². The van der Waals surface area contributed by atoms with Crippen LogP contribution in [0.15, 0.2) is 48.7 Å². The van der Waals surface area contributed by atoms with Gasteiger partial charge in [-0.2, -0.15) is 5.10 Å². The third-order valence-corrected chi connectivity index (χ3v) is 6.75. The van der Waals surface area contributed by atoms with E-state index in [2.05, 4.69) is 25.7 Å². The van der Waals surface area contributed by atoms with Crippen molar-refractivity contribution < 1.29 is 19.2 Å². The molecule has 1 aromatic carbocycles. The SMILES string of the molecule is CCn1nc(C)cc1C(=O)Nc1nc2cc(C(N)=O)cc(OCC3CC3)c2n1CC=CCNc1ncccc1[N+](=O)[O-]. The fourth-order valence-electron chi connectivity index (χ4n) is 4.48. The lowest BCUT2D eigenvalue weighted by molar-refractivity contribution is -0.384. The Morgan fingerprint density at radius 1 is 1.26 bits per heavy atom. The van der Waals surface area contributed by atoms with E-state index in [1.54, 1.807) is 33.5 Å². The number of amides is 2. The molecule has 3 heterocycles. The summed E-state index contributed by atoms with van der Waals surface area (Å²) < 4.78 is 9.52. The quantitative estimate of drug-likeness (QED) is 0.122. The third kappa shape index (κ3) is 6.22. The van der Waals surface area contributed by atoms with Crippen LogP contribution in [0.2, 0.25) is 0 Å².